The van der Waals surface area contributed by atoms with E-state index in [1.54, 1.807) is 24.3 Å². The highest BCUT2D eigenvalue weighted by molar-refractivity contribution is 5.63. The van der Waals surface area contributed by atoms with Crippen LogP contribution in [0.2, 0.25) is 0 Å². The smallest absolute Gasteiger partial charge is 0.421 e. The zero-order valence-electron chi connectivity index (χ0n) is 14.5. The molecule has 25 heavy (non-hydrogen) atoms. The van der Waals surface area contributed by atoms with Crippen LogP contribution in [-0.2, 0) is 6.18 Å². The molecule has 1 unspecified atom stereocenters. The number of hydrogen-bond acceptors (Lipinski definition) is 5. The van der Waals surface area contributed by atoms with Gasteiger partial charge in [-0.25, -0.2) is 4.98 Å². The maximum Gasteiger partial charge on any atom is 0.421 e. The van der Waals surface area contributed by atoms with E-state index in [4.69, 9.17) is 9.47 Å². The summed E-state index contributed by atoms with van der Waals surface area (Å²) in [7, 11) is 2.80. The van der Waals surface area contributed by atoms with Gasteiger partial charge in [0, 0.05) is 18.9 Å². The van der Waals surface area contributed by atoms with Gasteiger partial charge in [-0.15, -0.1) is 0 Å². The summed E-state index contributed by atoms with van der Waals surface area (Å²) in [6.07, 6.45) is -2.93. The van der Waals surface area contributed by atoms with Crippen molar-refractivity contribution < 1.29 is 22.6 Å². The molecular formula is C17H20F3N3O2. The Bertz CT molecular complexity index is 705. The quantitative estimate of drug-likeness (QED) is 0.766. The Morgan fingerprint density at radius 2 is 1.84 bits per heavy atom. The van der Waals surface area contributed by atoms with Crippen LogP contribution in [0.4, 0.5) is 24.7 Å². The van der Waals surface area contributed by atoms with Gasteiger partial charge < -0.3 is 14.4 Å². The molecule has 0 bridgehead atoms. The van der Waals surface area contributed by atoms with Crippen LogP contribution < -0.4 is 14.4 Å². The minimum absolute atomic E-state index is 0.0616. The van der Waals surface area contributed by atoms with Gasteiger partial charge in [-0.2, -0.15) is 18.2 Å². The molecule has 0 radical (unpaired) electrons. The number of halogens is 3. The summed E-state index contributed by atoms with van der Waals surface area (Å²) in [5.74, 6) is 0.373. The maximum atomic E-state index is 13.2. The first-order valence-corrected chi connectivity index (χ1v) is 7.75. The second-order valence-electron chi connectivity index (χ2n) is 5.48. The fourth-order valence-corrected chi connectivity index (χ4v) is 2.10. The zero-order valence-corrected chi connectivity index (χ0v) is 14.5. The van der Waals surface area contributed by atoms with Crippen LogP contribution in [0.15, 0.2) is 30.5 Å². The lowest BCUT2D eigenvalue weighted by atomic mass is 10.2. The molecule has 8 heteroatoms. The SMILES string of the molecule is CCC(C)Oc1ccc(N(C)c2nc(OC)ncc2C(F)(F)F)cc1. The first-order chi connectivity index (χ1) is 11.8. The summed E-state index contributed by atoms with van der Waals surface area (Å²) in [5.41, 5.74) is -0.404. The van der Waals surface area contributed by atoms with Gasteiger partial charge in [0.25, 0.3) is 0 Å². The van der Waals surface area contributed by atoms with Crippen LogP contribution in [0.1, 0.15) is 25.8 Å². The highest BCUT2D eigenvalue weighted by atomic mass is 19.4. The van der Waals surface area contributed by atoms with Gasteiger partial charge in [-0.05, 0) is 37.6 Å². The zero-order chi connectivity index (χ0) is 18.6. The average Bonchev–Trinajstić information content (AvgIpc) is 2.60. The van der Waals surface area contributed by atoms with Crippen molar-refractivity contribution in [1.82, 2.24) is 9.97 Å². The van der Waals surface area contributed by atoms with E-state index in [0.717, 1.165) is 12.6 Å². The first-order valence-electron chi connectivity index (χ1n) is 7.75. The topological polar surface area (TPSA) is 47.5 Å². The van der Waals surface area contributed by atoms with Gasteiger partial charge in [0.15, 0.2) is 5.82 Å². The Hall–Kier alpha value is -2.51. The molecule has 1 heterocycles. The highest BCUT2D eigenvalue weighted by Gasteiger charge is 2.36. The predicted octanol–water partition coefficient (Wildman–Crippen LogP) is 4.45. The molecular weight excluding hydrogens is 335 g/mol. The second kappa shape index (κ2) is 7.58. The van der Waals surface area contributed by atoms with Crippen molar-refractivity contribution in [3.05, 3.63) is 36.0 Å². The number of benzene rings is 1. The summed E-state index contributed by atoms with van der Waals surface area (Å²) in [6.45, 7) is 3.96. The van der Waals surface area contributed by atoms with Crippen molar-refractivity contribution in [2.75, 3.05) is 19.1 Å². The van der Waals surface area contributed by atoms with Crippen molar-refractivity contribution in [2.45, 2.75) is 32.5 Å². The third-order valence-corrected chi connectivity index (χ3v) is 3.69. The molecule has 1 aromatic carbocycles. The van der Waals surface area contributed by atoms with E-state index < -0.39 is 11.7 Å². The van der Waals surface area contributed by atoms with Crippen LogP contribution in [0.5, 0.6) is 11.8 Å². The van der Waals surface area contributed by atoms with Gasteiger partial charge in [0.05, 0.1) is 13.2 Å². The minimum atomic E-state index is -4.57. The molecule has 0 fully saturated rings. The molecule has 2 aromatic rings. The number of methoxy groups -OCH3 is 1. The number of alkyl halides is 3. The van der Waals surface area contributed by atoms with Gasteiger partial charge >= 0.3 is 12.2 Å². The molecule has 1 atom stereocenters. The van der Waals surface area contributed by atoms with Crippen molar-refractivity contribution in [3.63, 3.8) is 0 Å². The standard InChI is InChI=1S/C17H20F3N3O2/c1-5-11(2)25-13-8-6-12(7-9-13)23(3)15-14(17(18,19)20)10-21-16(22-15)24-4/h6-11H,5H2,1-4H3. The first kappa shape index (κ1) is 18.8. The van der Waals surface area contributed by atoms with Crippen molar-refractivity contribution >= 4 is 11.5 Å². The van der Waals surface area contributed by atoms with E-state index in [2.05, 4.69) is 9.97 Å². The highest BCUT2D eigenvalue weighted by Crippen LogP contribution is 2.37. The number of rotatable bonds is 6. The molecule has 5 nitrogen and oxygen atoms in total. The molecule has 0 aliphatic heterocycles. The Labute approximate surface area is 144 Å². The van der Waals surface area contributed by atoms with Crippen LogP contribution in [0.3, 0.4) is 0 Å². The number of nitrogens with zero attached hydrogens (tertiary/aromatic N) is 3. The lowest BCUT2D eigenvalue weighted by Gasteiger charge is -2.23. The third kappa shape index (κ3) is 4.52. The molecule has 136 valence electrons. The number of aromatic nitrogens is 2. The molecule has 0 amide bonds. The molecule has 1 aromatic heterocycles. The summed E-state index contributed by atoms with van der Waals surface area (Å²) in [4.78, 5) is 8.75. The van der Waals surface area contributed by atoms with E-state index >= 15 is 0 Å². The second-order valence-corrected chi connectivity index (χ2v) is 5.48. The normalized spacial score (nSPS) is 12.6. The van der Waals surface area contributed by atoms with Crippen molar-refractivity contribution in [3.8, 4) is 11.8 Å². The number of hydrogen-bond donors (Lipinski definition) is 0. The van der Waals surface area contributed by atoms with Crippen LogP contribution in [0, 0.1) is 0 Å². The molecule has 0 saturated carbocycles. The lowest BCUT2D eigenvalue weighted by molar-refractivity contribution is -0.137. The summed E-state index contributed by atoms with van der Waals surface area (Å²) >= 11 is 0. The number of anilines is 2. The predicted molar refractivity (Wildman–Crippen MR) is 88.5 cm³/mol. The van der Waals surface area contributed by atoms with Gasteiger partial charge in [-0.1, -0.05) is 6.92 Å². The molecule has 0 spiro atoms. The molecule has 0 aliphatic rings. The van der Waals surface area contributed by atoms with E-state index in [0.29, 0.717) is 11.4 Å². The van der Waals surface area contributed by atoms with Crippen LogP contribution in [0.25, 0.3) is 0 Å². The average molecular weight is 355 g/mol. The Kier molecular flexibility index (Phi) is 5.71. The minimum Gasteiger partial charge on any atom is -0.491 e. The van der Waals surface area contributed by atoms with E-state index in [-0.39, 0.29) is 17.9 Å². The molecule has 0 N–H and O–H groups in total. The largest absolute Gasteiger partial charge is 0.491 e. The van der Waals surface area contributed by atoms with Gasteiger partial charge in [-0.3, -0.25) is 0 Å². The van der Waals surface area contributed by atoms with Crippen LogP contribution >= 0.6 is 0 Å². The maximum absolute atomic E-state index is 13.2. The Morgan fingerprint density at radius 3 is 2.36 bits per heavy atom. The van der Waals surface area contributed by atoms with E-state index in [1.165, 1.54) is 19.1 Å². The summed E-state index contributed by atoms with van der Waals surface area (Å²) in [6, 6.07) is 6.64. The van der Waals surface area contributed by atoms with Gasteiger partial charge in [0.1, 0.15) is 11.3 Å². The summed E-state index contributed by atoms with van der Waals surface area (Å²) < 4.78 is 50.2. The monoisotopic (exact) mass is 355 g/mol. The Morgan fingerprint density at radius 1 is 1.20 bits per heavy atom. The summed E-state index contributed by atoms with van der Waals surface area (Å²) in [5, 5.41) is 0. The van der Waals surface area contributed by atoms with E-state index in [1.807, 2.05) is 13.8 Å². The number of ether oxygens (including phenoxy) is 2. The van der Waals surface area contributed by atoms with Crippen LogP contribution in [-0.4, -0.2) is 30.2 Å². The van der Waals surface area contributed by atoms with Crippen molar-refractivity contribution in [1.29, 1.82) is 0 Å². The van der Waals surface area contributed by atoms with Crippen molar-refractivity contribution in [2.24, 2.45) is 0 Å². The molecule has 0 aliphatic carbocycles. The third-order valence-electron chi connectivity index (χ3n) is 3.69. The molecule has 2 rings (SSSR count). The Balaban J connectivity index is 2.34. The van der Waals surface area contributed by atoms with Gasteiger partial charge in [0.2, 0.25) is 0 Å². The molecule has 0 saturated heterocycles. The fourth-order valence-electron chi connectivity index (χ4n) is 2.10. The fraction of sp³-hybridized carbons (Fsp3) is 0.412. The van der Waals surface area contributed by atoms with E-state index in [9.17, 15) is 13.2 Å². The lowest BCUT2D eigenvalue weighted by Crippen LogP contribution is -2.19.